The maximum absolute atomic E-state index is 12.1. The molecule has 0 saturated heterocycles. The fourth-order valence-electron chi connectivity index (χ4n) is 2.84. The number of hydrogen-bond acceptors (Lipinski definition) is 2. The van der Waals surface area contributed by atoms with Gasteiger partial charge < -0.3 is 10.6 Å². The van der Waals surface area contributed by atoms with Gasteiger partial charge in [0.15, 0.2) is 0 Å². The third-order valence-electron chi connectivity index (χ3n) is 4.51. The summed E-state index contributed by atoms with van der Waals surface area (Å²) in [5, 5.41) is 6.49. The van der Waals surface area contributed by atoms with Crippen molar-refractivity contribution in [2.75, 3.05) is 13.1 Å². The molecule has 0 aromatic heterocycles. The molecular formula is C17H25ClN2O. The molecule has 2 aliphatic rings. The molecule has 21 heavy (non-hydrogen) atoms. The van der Waals surface area contributed by atoms with Crippen molar-refractivity contribution in [3.05, 3.63) is 35.9 Å². The smallest absolute Gasteiger partial charge is 0.234 e. The summed E-state index contributed by atoms with van der Waals surface area (Å²) in [5.74, 6) is 1.57. The first-order valence-corrected chi connectivity index (χ1v) is 7.88. The molecule has 3 nitrogen and oxygen atoms in total. The van der Waals surface area contributed by atoms with E-state index in [1.54, 1.807) is 0 Å². The number of amides is 1. The molecule has 1 aromatic rings. The molecule has 0 radical (unpaired) electrons. The summed E-state index contributed by atoms with van der Waals surface area (Å²) in [6, 6.07) is 10.6. The van der Waals surface area contributed by atoms with Gasteiger partial charge in [0.2, 0.25) is 5.91 Å². The Hall–Kier alpha value is -1.06. The highest BCUT2D eigenvalue weighted by atomic mass is 35.5. The van der Waals surface area contributed by atoms with E-state index in [0.29, 0.717) is 12.5 Å². The van der Waals surface area contributed by atoms with Crippen molar-refractivity contribution >= 4 is 18.3 Å². The van der Waals surface area contributed by atoms with Crippen LogP contribution in [0.4, 0.5) is 0 Å². The molecule has 0 spiro atoms. The molecule has 1 unspecified atom stereocenters. The first-order valence-electron chi connectivity index (χ1n) is 7.88. The highest BCUT2D eigenvalue weighted by Crippen LogP contribution is 2.37. The Balaban J connectivity index is 0.00000161. The predicted octanol–water partition coefficient (Wildman–Crippen LogP) is 3.07. The highest BCUT2D eigenvalue weighted by molar-refractivity contribution is 5.85. The van der Waals surface area contributed by atoms with Crippen LogP contribution in [0.2, 0.25) is 0 Å². The average molecular weight is 309 g/mol. The predicted molar refractivity (Wildman–Crippen MR) is 87.5 cm³/mol. The van der Waals surface area contributed by atoms with Crippen LogP contribution < -0.4 is 10.6 Å². The second kappa shape index (κ2) is 7.81. The van der Waals surface area contributed by atoms with E-state index >= 15 is 0 Å². The van der Waals surface area contributed by atoms with Crippen LogP contribution in [-0.2, 0) is 4.79 Å². The zero-order valence-corrected chi connectivity index (χ0v) is 13.2. The quantitative estimate of drug-likeness (QED) is 0.813. The number of carbonyl (C=O) groups excluding carboxylic acids is 1. The van der Waals surface area contributed by atoms with Crippen LogP contribution in [0.25, 0.3) is 0 Å². The Morgan fingerprint density at radius 2 is 1.86 bits per heavy atom. The second-order valence-corrected chi connectivity index (χ2v) is 6.22. The highest BCUT2D eigenvalue weighted by Gasteiger charge is 2.29. The minimum absolute atomic E-state index is 0. The summed E-state index contributed by atoms with van der Waals surface area (Å²) in [4.78, 5) is 12.1. The first kappa shape index (κ1) is 16.3. The van der Waals surface area contributed by atoms with E-state index in [9.17, 15) is 4.79 Å². The van der Waals surface area contributed by atoms with Gasteiger partial charge in [0.05, 0.1) is 12.6 Å². The van der Waals surface area contributed by atoms with Crippen molar-refractivity contribution in [3.63, 3.8) is 0 Å². The van der Waals surface area contributed by atoms with Gasteiger partial charge in [-0.15, -0.1) is 12.4 Å². The third kappa shape index (κ3) is 4.72. The van der Waals surface area contributed by atoms with Gasteiger partial charge in [0.1, 0.15) is 0 Å². The lowest BCUT2D eigenvalue weighted by atomic mass is 9.77. The average Bonchev–Trinajstić information content (AvgIpc) is 3.21. The summed E-state index contributed by atoms with van der Waals surface area (Å²) >= 11 is 0. The first-order chi connectivity index (χ1) is 9.83. The zero-order chi connectivity index (χ0) is 13.8. The lowest BCUT2D eigenvalue weighted by molar-refractivity contribution is -0.121. The lowest BCUT2D eigenvalue weighted by Crippen LogP contribution is -2.41. The van der Waals surface area contributed by atoms with E-state index in [-0.39, 0.29) is 24.4 Å². The van der Waals surface area contributed by atoms with E-state index in [4.69, 9.17) is 0 Å². The van der Waals surface area contributed by atoms with Gasteiger partial charge in [-0.25, -0.2) is 0 Å². The normalized spacial score (nSPS) is 19.2. The van der Waals surface area contributed by atoms with E-state index in [2.05, 4.69) is 34.9 Å². The maximum atomic E-state index is 12.1. The molecule has 116 valence electrons. The van der Waals surface area contributed by atoms with Crippen LogP contribution in [0.15, 0.2) is 30.3 Å². The molecular weight excluding hydrogens is 284 g/mol. The Kier molecular flexibility index (Phi) is 6.07. The van der Waals surface area contributed by atoms with Gasteiger partial charge in [-0.1, -0.05) is 36.8 Å². The molecule has 2 saturated carbocycles. The van der Waals surface area contributed by atoms with Crippen LogP contribution in [0, 0.1) is 11.8 Å². The van der Waals surface area contributed by atoms with Crippen molar-refractivity contribution in [1.29, 1.82) is 0 Å². The minimum Gasteiger partial charge on any atom is -0.348 e. The summed E-state index contributed by atoms with van der Waals surface area (Å²) in [7, 11) is 0. The number of halogens is 1. The summed E-state index contributed by atoms with van der Waals surface area (Å²) < 4.78 is 0. The molecule has 2 N–H and O–H groups in total. The minimum atomic E-state index is 0. The van der Waals surface area contributed by atoms with E-state index < -0.39 is 0 Å². The van der Waals surface area contributed by atoms with Crippen molar-refractivity contribution in [1.82, 2.24) is 10.6 Å². The molecule has 4 heteroatoms. The fourth-order valence-corrected chi connectivity index (χ4v) is 2.84. The van der Waals surface area contributed by atoms with E-state index in [1.807, 2.05) is 6.07 Å². The monoisotopic (exact) mass is 308 g/mol. The van der Waals surface area contributed by atoms with E-state index in [0.717, 1.165) is 12.5 Å². The van der Waals surface area contributed by atoms with Crippen LogP contribution in [0.1, 0.15) is 43.7 Å². The van der Waals surface area contributed by atoms with E-state index in [1.165, 1.54) is 37.7 Å². The van der Waals surface area contributed by atoms with Gasteiger partial charge in [-0.05, 0) is 49.6 Å². The molecule has 1 amide bonds. The molecule has 1 atom stereocenters. The van der Waals surface area contributed by atoms with Crippen molar-refractivity contribution in [3.8, 4) is 0 Å². The molecule has 1 aromatic carbocycles. The van der Waals surface area contributed by atoms with Crippen LogP contribution in [0.3, 0.4) is 0 Å². The fraction of sp³-hybridized carbons (Fsp3) is 0.588. The third-order valence-corrected chi connectivity index (χ3v) is 4.51. The van der Waals surface area contributed by atoms with Gasteiger partial charge >= 0.3 is 0 Å². The number of hydrogen-bond donors (Lipinski definition) is 2. The number of nitrogens with one attached hydrogen (secondary N) is 2. The maximum Gasteiger partial charge on any atom is 0.234 e. The topological polar surface area (TPSA) is 41.1 Å². The zero-order valence-electron chi connectivity index (χ0n) is 12.4. The number of benzene rings is 1. The number of rotatable bonds is 7. The summed E-state index contributed by atoms with van der Waals surface area (Å²) in [6.07, 6.45) is 6.40. The molecule has 0 heterocycles. The molecule has 2 aliphatic carbocycles. The van der Waals surface area contributed by atoms with Gasteiger partial charge in [-0.3, -0.25) is 4.79 Å². The Bertz CT molecular complexity index is 443. The van der Waals surface area contributed by atoms with Gasteiger partial charge in [0, 0.05) is 0 Å². The van der Waals surface area contributed by atoms with Crippen LogP contribution in [0.5, 0.6) is 0 Å². The van der Waals surface area contributed by atoms with Crippen molar-refractivity contribution < 1.29 is 4.79 Å². The second-order valence-electron chi connectivity index (χ2n) is 6.22. The summed E-state index contributed by atoms with van der Waals surface area (Å²) in [6.45, 7) is 1.44. The Labute approximate surface area is 133 Å². The largest absolute Gasteiger partial charge is 0.348 e. The Morgan fingerprint density at radius 1 is 1.14 bits per heavy atom. The van der Waals surface area contributed by atoms with Crippen molar-refractivity contribution in [2.24, 2.45) is 11.8 Å². The Morgan fingerprint density at radius 3 is 2.43 bits per heavy atom. The van der Waals surface area contributed by atoms with Gasteiger partial charge in [-0.2, -0.15) is 0 Å². The van der Waals surface area contributed by atoms with Crippen molar-refractivity contribution in [2.45, 2.75) is 38.1 Å². The van der Waals surface area contributed by atoms with Gasteiger partial charge in [0.25, 0.3) is 0 Å². The van der Waals surface area contributed by atoms with Crippen LogP contribution >= 0.6 is 12.4 Å². The van der Waals surface area contributed by atoms with Crippen LogP contribution in [-0.4, -0.2) is 19.0 Å². The summed E-state index contributed by atoms with van der Waals surface area (Å²) in [5.41, 5.74) is 1.24. The standard InChI is InChI=1S/C17H24N2O.ClH/c20-16(12-18-11-13-9-10-13)19-17(15-7-4-8-15)14-5-2-1-3-6-14;/h1-3,5-6,13,15,17-18H,4,7-12H2,(H,19,20);1H. The lowest BCUT2D eigenvalue weighted by Gasteiger charge is -2.34. The molecule has 2 fully saturated rings. The number of carbonyl (C=O) groups is 1. The SMILES string of the molecule is Cl.O=C(CNCC1CC1)NC(c1ccccc1)C1CCC1. The molecule has 0 bridgehead atoms. The molecule has 3 rings (SSSR count). The molecule has 0 aliphatic heterocycles.